The summed E-state index contributed by atoms with van der Waals surface area (Å²) in [5, 5.41) is 47.1. The van der Waals surface area contributed by atoms with Crippen molar-refractivity contribution in [2.75, 3.05) is 13.2 Å². The Bertz CT molecular complexity index is 1490. The minimum absolute atomic E-state index is 0.106. The van der Waals surface area contributed by atoms with Gasteiger partial charge in [0.2, 0.25) is 0 Å². The molecule has 0 amide bonds. The Kier molecular flexibility index (Phi) is 8.73. The zero-order valence-electron chi connectivity index (χ0n) is 20.3. The van der Waals surface area contributed by atoms with Crippen molar-refractivity contribution in [1.29, 1.82) is 0 Å². The van der Waals surface area contributed by atoms with Crippen molar-refractivity contribution in [3.8, 4) is 0 Å². The SMILES string of the molecule is O=c1ccn([C@]2(F)O[C@H](CO)[C@@H](OP(=O)(O)O)[C@H]2O)c(=O)[nH]1.[2H]n1c(=O)ccn([C@@H]2O[C@H](CO)[C@@H](O)[C@H]2O)c1=O. The monoisotopic (exact) mass is 587 g/mol. The Labute approximate surface area is 215 Å². The van der Waals surface area contributed by atoms with E-state index >= 15 is 0 Å². The van der Waals surface area contributed by atoms with Crippen LogP contribution < -0.4 is 22.5 Å². The molecule has 2 aromatic heterocycles. The third-order valence-corrected chi connectivity index (χ3v) is 6.06. The van der Waals surface area contributed by atoms with Gasteiger partial charge in [-0.2, -0.15) is 4.39 Å². The van der Waals surface area contributed by atoms with E-state index in [1.165, 1.54) is 0 Å². The van der Waals surface area contributed by atoms with Crippen molar-refractivity contribution in [3.05, 3.63) is 66.2 Å². The molecule has 218 valence electrons. The number of H-pyrrole nitrogens is 2. The first-order valence-electron chi connectivity index (χ1n) is 11.2. The molecule has 4 rings (SSSR count). The lowest BCUT2D eigenvalue weighted by Crippen LogP contribution is -2.48. The molecule has 4 heterocycles. The highest BCUT2D eigenvalue weighted by Gasteiger charge is 2.59. The first-order valence-corrected chi connectivity index (χ1v) is 12.3. The third kappa shape index (κ3) is 6.48. The van der Waals surface area contributed by atoms with Gasteiger partial charge in [0, 0.05) is 24.5 Å². The number of aromatic nitrogens is 4. The Morgan fingerprint density at radius 1 is 1.03 bits per heavy atom. The second kappa shape index (κ2) is 11.7. The number of nitrogens with zero attached hydrogens (tertiary/aromatic N) is 2. The molecule has 19 nitrogen and oxygen atoms in total. The van der Waals surface area contributed by atoms with Crippen LogP contribution in [0, 0.1) is 0 Å². The predicted octanol–water partition coefficient (Wildman–Crippen LogP) is -5.51. The van der Waals surface area contributed by atoms with E-state index in [-0.39, 0.29) is 9.54 Å². The van der Waals surface area contributed by atoms with Crippen molar-refractivity contribution >= 4 is 7.82 Å². The van der Waals surface area contributed by atoms with E-state index in [1.54, 1.807) is 4.98 Å². The van der Waals surface area contributed by atoms with Crippen LogP contribution in [0.2, 0.25) is 1.41 Å². The molecular formula is C18H24FN4O15P. The summed E-state index contributed by atoms with van der Waals surface area (Å²) in [6.45, 7) is -1.48. The Morgan fingerprint density at radius 3 is 2.18 bits per heavy atom. The van der Waals surface area contributed by atoms with Crippen molar-refractivity contribution < 1.29 is 59.7 Å². The molecule has 0 unspecified atom stereocenters. The molecule has 0 bridgehead atoms. The van der Waals surface area contributed by atoms with Gasteiger partial charge in [-0.25, -0.2) is 18.7 Å². The maximum absolute atomic E-state index is 14.8. The molecule has 0 saturated carbocycles. The molecule has 2 fully saturated rings. The number of phosphoric ester groups is 1. The van der Waals surface area contributed by atoms with E-state index in [1.807, 2.05) is 0 Å². The summed E-state index contributed by atoms with van der Waals surface area (Å²) in [6.07, 6.45) is -9.28. The molecule has 39 heavy (non-hydrogen) atoms. The van der Waals surface area contributed by atoms with Gasteiger partial charge in [-0.15, -0.1) is 0 Å². The normalized spacial score (nSPS) is 32.9. The number of aliphatic hydroxyl groups is 5. The van der Waals surface area contributed by atoms with Gasteiger partial charge in [0.25, 0.3) is 11.1 Å². The quantitative estimate of drug-likeness (QED) is 0.142. The molecule has 9 N–H and O–H groups in total. The van der Waals surface area contributed by atoms with Crippen LogP contribution in [0.3, 0.4) is 0 Å². The fraction of sp³-hybridized carbons (Fsp3) is 0.556. The van der Waals surface area contributed by atoms with Crippen molar-refractivity contribution in [1.82, 2.24) is 19.1 Å². The summed E-state index contributed by atoms with van der Waals surface area (Å²) in [7, 11) is -5.13. The van der Waals surface area contributed by atoms with Gasteiger partial charge in [0.15, 0.2) is 13.7 Å². The van der Waals surface area contributed by atoms with Crippen LogP contribution in [0.1, 0.15) is 6.23 Å². The van der Waals surface area contributed by atoms with Crippen molar-refractivity contribution in [3.63, 3.8) is 0 Å². The molecular weight excluding hydrogens is 562 g/mol. The molecule has 0 aromatic carbocycles. The summed E-state index contributed by atoms with van der Waals surface area (Å²) in [4.78, 5) is 64.5. The van der Waals surface area contributed by atoms with Gasteiger partial charge in [-0.05, 0) is 0 Å². The molecule has 2 saturated heterocycles. The van der Waals surface area contributed by atoms with Crippen LogP contribution in [0.4, 0.5) is 4.39 Å². The maximum Gasteiger partial charge on any atom is 0.470 e. The standard InChI is InChI=1S/C9H12FN2O9P.C9H12N2O6/c10-9(12-2-1-5(14)11-8(12)16)7(15)6(4(3-13)20-9)21-22(17,18)19;12-3-4-6(14)7(15)8(17-4)11-2-1-5(13)10-9(11)16/h1-2,4,6-7,13,15H,3H2,(H,11,14,16)(H2,17,18,19);1-2,4,6-8,12,14-15H,3H2,(H,10,13,16)/t4-,6-,7-,9+;4-,6-,7-,8-/m11/s1/i/hD. The van der Waals surface area contributed by atoms with Gasteiger partial charge in [-0.1, -0.05) is 0 Å². The van der Waals surface area contributed by atoms with Gasteiger partial charge in [0.1, 0.15) is 30.5 Å². The van der Waals surface area contributed by atoms with E-state index in [9.17, 15) is 43.5 Å². The lowest BCUT2D eigenvalue weighted by molar-refractivity contribution is -0.239. The zero-order valence-corrected chi connectivity index (χ0v) is 20.2. The highest BCUT2D eigenvalue weighted by molar-refractivity contribution is 7.46. The number of hydrogen-bond donors (Lipinski definition) is 9. The lowest BCUT2D eigenvalue weighted by Gasteiger charge is -2.25. The van der Waals surface area contributed by atoms with Gasteiger partial charge >= 0.3 is 25.2 Å². The number of aromatic amines is 2. The molecule has 0 spiro atoms. The molecule has 2 aliphatic heterocycles. The van der Waals surface area contributed by atoms with E-state index < -0.39 is 92.4 Å². The average Bonchev–Trinajstić information content (AvgIpc) is 3.29. The average molecular weight is 587 g/mol. The van der Waals surface area contributed by atoms with Crippen molar-refractivity contribution in [2.45, 2.75) is 48.8 Å². The smallest absolute Gasteiger partial charge is 0.394 e. The highest BCUT2D eigenvalue weighted by Crippen LogP contribution is 2.45. The Balaban J connectivity index is 0.000000225. The summed E-state index contributed by atoms with van der Waals surface area (Å²) in [5.74, 6) is -3.30. The minimum atomic E-state index is -5.13. The van der Waals surface area contributed by atoms with Gasteiger partial charge in [0.05, 0.1) is 13.2 Å². The highest BCUT2D eigenvalue weighted by atomic mass is 31.2. The third-order valence-electron chi connectivity index (χ3n) is 5.55. The predicted molar refractivity (Wildman–Crippen MR) is 120 cm³/mol. The molecule has 8 atom stereocenters. The number of alkyl halides is 1. The Hall–Kier alpha value is -2.88. The molecule has 0 radical (unpaired) electrons. The van der Waals surface area contributed by atoms with E-state index in [2.05, 4.69) is 9.26 Å². The summed E-state index contributed by atoms with van der Waals surface area (Å²) in [6, 6.07) is 1.73. The number of rotatable bonds is 6. The summed E-state index contributed by atoms with van der Waals surface area (Å²) >= 11 is 0. The fourth-order valence-corrected chi connectivity index (χ4v) is 4.31. The molecule has 0 aliphatic carbocycles. The molecule has 2 aliphatic rings. The Morgan fingerprint density at radius 2 is 1.64 bits per heavy atom. The number of aliphatic hydroxyl groups excluding tert-OH is 5. The molecule has 2 aromatic rings. The van der Waals surface area contributed by atoms with Crippen LogP contribution in [-0.4, -0.2) is 104 Å². The van der Waals surface area contributed by atoms with E-state index in [4.69, 9.17) is 26.1 Å². The largest absolute Gasteiger partial charge is 0.470 e. The first kappa shape index (κ1) is 29.1. The van der Waals surface area contributed by atoms with Crippen LogP contribution in [0.15, 0.2) is 43.7 Å². The van der Waals surface area contributed by atoms with Gasteiger partial charge < -0.3 is 44.8 Å². The summed E-state index contributed by atoms with van der Waals surface area (Å²) < 4.78 is 47.8. The minimum Gasteiger partial charge on any atom is -0.394 e. The number of phosphoric acid groups is 1. The topological polar surface area (TPSA) is 296 Å². The number of ether oxygens (including phenoxy) is 2. The van der Waals surface area contributed by atoms with Crippen LogP contribution in [-0.2, 0) is 24.5 Å². The number of halogens is 1. The first-order chi connectivity index (χ1) is 18.5. The van der Waals surface area contributed by atoms with Crippen LogP contribution >= 0.6 is 7.82 Å². The fourth-order valence-electron chi connectivity index (χ4n) is 3.74. The van der Waals surface area contributed by atoms with Crippen LogP contribution in [0.25, 0.3) is 0 Å². The zero-order chi connectivity index (χ0) is 30.2. The summed E-state index contributed by atoms with van der Waals surface area (Å²) in [5.41, 5.74) is -3.93. The molecule has 21 heteroatoms. The van der Waals surface area contributed by atoms with E-state index in [0.29, 0.717) is 6.20 Å². The maximum atomic E-state index is 14.8. The van der Waals surface area contributed by atoms with Gasteiger partial charge in [-0.3, -0.25) is 28.6 Å². The lowest BCUT2D eigenvalue weighted by atomic mass is 10.1. The second-order valence-corrected chi connectivity index (χ2v) is 9.31. The second-order valence-electron chi connectivity index (χ2n) is 8.12. The van der Waals surface area contributed by atoms with Crippen LogP contribution in [0.5, 0.6) is 0 Å². The number of hydrogen-bond acceptors (Lipinski definition) is 13. The van der Waals surface area contributed by atoms with Crippen molar-refractivity contribution in [2.24, 2.45) is 0 Å². The number of nitrogens with one attached hydrogen (secondary N) is 2. The van der Waals surface area contributed by atoms with E-state index in [0.717, 1.165) is 22.9 Å².